The van der Waals surface area contributed by atoms with E-state index in [1.165, 1.54) is 49.1 Å². The summed E-state index contributed by atoms with van der Waals surface area (Å²) in [7, 11) is 3.91. The number of hydrogen-bond acceptors (Lipinski definition) is 2. The van der Waals surface area contributed by atoms with Crippen molar-refractivity contribution in [3.63, 3.8) is 0 Å². The zero-order valence-electron chi connectivity index (χ0n) is 16.6. The van der Waals surface area contributed by atoms with E-state index in [-0.39, 0.29) is 0 Å². The van der Waals surface area contributed by atoms with E-state index in [0.29, 0.717) is 5.92 Å². The summed E-state index contributed by atoms with van der Waals surface area (Å²) >= 11 is 0. The molecule has 3 heterocycles. The van der Waals surface area contributed by atoms with Crippen LogP contribution in [-0.4, -0.2) is 22.4 Å². The van der Waals surface area contributed by atoms with Gasteiger partial charge in [0.2, 0.25) is 0 Å². The van der Waals surface area contributed by atoms with Crippen molar-refractivity contribution >= 4 is 11.8 Å². The predicted octanol–water partition coefficient (Wildman–Crippen LogP) is 5.34. The lowest BCUT2D eigenvalue weighted by Crippen LogP contribution is -2.00. The average molecular weight is 364 g/mol. The summed E-state index contributed by atoms with van der Waals surface area (Å²) in [6.45, 7) is 2.36. The maximum Gasteiger partial charge on any atom is 0.146 e. The Bertz CT molecular complexity index is 896. The van der Waals surface area contributed by atoms with Crippen molar-refractivity contribution in [2.75, 3.05) is 7.11 Å². The minimum atomic E-state index is 0.568. The molecule has 1 N–H and O–H groups in total. The molecular weight excluding hydrogens is 334 g/mol. The number of H-pyrrole nitrogens is 1. The minimum Gasteiger partial charge on any atom is -0.494 e. The zero-order valence-corrected chi connectivity index (χ0v) is 16.6. The number of aryl methyl sites for hydroxylation is 1. The quantitative estimate of drug-likeness (QED) is 0.786. The van der Waals surface area contributed by atoms with Gasteiger partial charge in [-0.3, -0.25) is 0 Å². The summed E-state index contributed by atoms with van der Waals surface area (Å²) in [6, 6.07) is 6.45. The van der Waals surface area contributed by atoms with Crippen LogP contribution in [0.3, 0.4) is 0 Å². The molecule has 1 atom stereocenters. The number of aliphatic imine (C=N–C) groups is 1. The Morgan fingerprint density at radius 3 is 2.89 bits per heavy atom. The fourth-order valence-corrected chi connectivity index (χ4v) is 4.22. The van der Waals surface area contributed by atoms with Crippen LogP contribution in [-0.2, 0) is 18.2 Å². The maximum absolute atomic E-state index is 5.63. The molecule has 0 saturated heterocycles. The number of aromatic amines is 1. The van der Waals surface area contributed by atoms with E-state index in [2.05, 4.69) is 35.7 Å². The standard InChI is InChI=1S/C23H29N3O/c1-16-9-6-4-5-7-10-17-13-18(16)22(26(17)2)14-21-23(27-3)15-20(25-21)19-11-8-12-24-19/h8,11-16,24H,4-7,9-10H2,1-3H3/b21-14+. The number of ether oxygens (including phenoxy) is 1. The molecule has 2 aromatic rings. The molecular formula is C23H29N3O. The van der Waals surface area contributed by atoms with Crippen LogP contribution in [0.2, 0.25) is 0 Å². The van der Waals surface area contributed by atoms with Gasteiger partial charge in [-0.2, -0.15) is 0 Å². The normalized spacial score (nSPS) is 21.9. The van der Waals surface area contributed by atoms with Crippen LogP contribution in [0.15, 0.2) is 46.9 Å². The van der Waals surface area contributed by atoms with Crippen molar-refractivity contribution < 1.29 is 4.74 Å². The summed E-state index contributed by atoms with van der Waals surface area (Å²) in [6.07, 6.45) is 13.8. The fraction of sp³-hybridized carbons (Fsp3) is 0.435. The first-order chi connectivity index (χ1) is 13.2. The van der Waals surface area contributed by atoms with E-state index >= 15 is 0 Å². The van der Waals surface area contributed by atoms with Crippen LogP contribution in [0, 0.1) is 0 Å². The number of rotatable bonds is 3. The van der Waals surface area contributed by atoms with Crippen LogP contribution in [0.4, 0.5) is 0 Å². The summed E-state index contributed by atoms with van der Waals surface area (Å²) in [5, 5.41) is 0. The summed E-state index contributed by atoms with van der Waals surface area (Å²) in [5.74, 6) is 1.39. The molecule has 0 radical (unpaired) electrons. The second-order valence-electron chi connectivity index (χ2n) is 7.71. The highest BCUT2D eigenvalue weighted by atomic mass is 16.5. The molecule has 2 aromatic heterocycles. The molecule has 0 aromatic carbocycles. The SMILES string of the molecule is COC1=CC(c2ccc[nH]2)=N/C1=C/c1c2cc(n1C)CCCCCCC2C. The number of hydrogen-bond donors (Lipinski definition) is 1. The van der Waals surface area contributed by atoms with E-state index in [9.17, 15) is 0 Å². The molecule has 1 aliphatic heterocycles. The van der Waals surface area contributed by atoms with Crippen molar-refractivity contribution in [2.45, 2.75) is 51.4 Å². The molecule has 0 saturated carbocycles. The van der Waals surface area contributed by atoms with Gasteiger partial charge < -0.3 is 14.3 Å². The fourth-order valence-electron chi connectivity index (χ4n) is 4.22. The number of nitrogens with one attached hydrogen (secondary N) is 1. The van der Waals surface area contributed by atoms with Crippen molar-refractivity contribution in [1.82, 2.24) is 9.55 Å². The first-order valence-corrected chi connectivity index (χ1v) is 10.1. The van der Waals surface area contributed by atoms with Gasteiger partial charge in [-0.25, -0.2) is 4.99 Å². The van der Waals surface area contributed by atoms with Crippen LogP contribution in [0.5, 0.6) is 0 Å². The smallest absolute Gasteiger partial charge is 0.146 e. The molecule has 2 bridgehead atoms. The Kier molecular flexibility index (Phi) is 5.06. The molecule has 0 fully saturated rings. The number of nitrogens with zero attached hydrogens (tertiary/aromatic N) is 2. The monoisotopic (exact) mass is 363 g/mol. The van der Waals surface area contributed by atoms with Gasteiger partial charge in [0.15, 0.2) is 0 Å². The lowest BCUT2D eigenvalue weighted by molar-refractivity contribution is 0.303. The zero-order chi connectivity index (χ0) is 18.8. The summed E-state index contributed by atoms with van der Waals surface area (Å²) < 4.78 is 7.99. The lowest BCUT2D eigenvalue weighted by atomic mass is 9.93. The average Bonchev–Trinajstić information content (AvgIpc) is 3.39. The summed E-state index contributed by atoms with van der Waals surface area (Å²) in [4.78, 5) is 8.08. The number of methoxy groups -OCH3 is 1. The van der Waals surface area contributed by atoms with E-state index in [1.807, 2.05) is 24.4 Å². The largest absolute Gasteiger partial charge is 0.494 e. The number of fused-ring (bicyclic) bond motifs is 2. The first kappa shape index (κ1) is 17.9. The van der Waals surface area contributed by atoms with E-state index in [0.717, 1.165) is 29.3 Å². The van der Waals surface area contributed by atoms with Gasteiger partial charge in [-0.1, -0.05) is 26.2 Å². The topological polar surface area (TPSA) is 42.3 Å². The molecule has 0 spiro atoms. The van der Waals surface area contributed by atoms with Gasteiger partial charge in [-0.15, -0.1) is 0 Å². The third kappa shape index (κ3) is 3.53. The van der Waals surface area contributed by atoms with Gasteiger partial charge in [-0.05, 0) is 55.0 Å². The molecule has 1 aliphatic carbocycles. The third-order valence-electron chi connectivity index (χ3n) is 5.89. The highest BCUT2D eigenvalue weighted by Crippen LogP contribution is 2.33. The van der Waals surface area contributed by atoms with E-state index in [4.69, 9.17) is 9.73 Å². The van der Waals surface area contributed by atoms with Crippen LogP contribution in [0.25, 0.3) is 6.08 Å². The van der Waals surface area contributed by atoms with Crippen molar-refractivity contribution in [3.8, 4) is 0 Å². The van der Waals surface area contributed by atoms with Crippen molar-refractivity contribution in [2.24, 2.45) is 12.0 Å². The Morgan fingerprint density at radius 2 is 2.11 bits per heavy atom. The highest BCUT2D eigenvalue weighted by molar-refractivity contribution is 6.11. The van der Waals surface area contributed by atoms with Gasteiger partial charge in [0.05, 0.1) is 18.5 Å². The van der Waals surface area contributed by atoms with Gasteiger partial charge in [0.25, 0.3) is 0 Å². The Labute approximate surface area is 161 Å². The minimum absolute atomic E-state index is 0.568. The molecule has 4 nitrogen and oxygen atoms in total. The molecule has 27 heavy (non-hydrogen) atoms. The van der Waals surface area contributed by atoms with E-state index in [1.54, 1.807) is 7.11 Å². The highest BCUT2D eigenvalue weighted by Gasteiger charge is 2.21. The number of aromatic nitrogens is 2. The van der Waals surface area contributed by atoms with E-state index < -0.39 is 0 Å². The molecule has 142 valence electrons. The molecule has 0 amide bonds. The third-order valence-corrected chi connectivity index (χ3v) is 5.89. The second kappa shape index (κ2) is 7.63. The van der Waals surface area contributed by atoms with Crippen LogP contribution in [0.1, 0.15) is 67.6 Å². The van der Waals surface area contributed by atoms with Crippen LogP contribution >= 0.6 is 0 Å². The second-order valence-corrected chi connectivity index (χ2v) is 7.71. The van der Waals surface area contributed by atoms with Gasteiger partial charge >= 0.3 is 0 Å². The first-order valence-electron chi connectivity index (χ1n) is 10.1. The summed E-state index contributed by atoms with van der Waals surface area (Å²) in [5.41, 5.74) is 6.98. The molecule has 4 rings (SSSR count). The van der Waals surface area contributed by atoms with Crippen molar-refractivity contribution in [3.05, 3.63) is 64.6 Å². The Balaban J connectivity index is 1.76. The maximum atomic E-state index is 5.63. The van der Waals surface area contributed by atoms with Gasteiger partial charge in [0.1, 0.15) is 11.5 Å². The molecule has 4 heteroatoms. The van der Waals surface area contributed by atoms with Crippen molar-refractivity contribution in [1.29, 1.82) is 0 Å². The lowest BCUT2D eigenvalue weighted by Gasteiger charge is -2.13. The molecule has 1 unspecified atom stereocenters. The van der Waals surface area contributed by atoms with Crippen LogP contribution < -0.4 is 0 Å². The predicted molar refractivity (Wildman–Crippen MR) is 111 cm³/mol. The Morgan fingerprint density at radius 1 is 1.26 bits per heavy atom. The molecule has 2 aliphatic rings. The number of allylic oxidation sites excluding steroid dienone is 1. The Hall–Kier alpha value is -2.49. The van der Waals surface area contributed by atoms with Gasteiger partial charge in [0, 0.05) is 30.7 Å².